The lowest BCUT2D eigenvalue weighted by atomic mass is 10.1. The molecule has 0 atom stereocenters. The lowest BCUT2D eigenvalue weighted by Gasteiger charge is -2.12. The molecule has 0 aliphatic carbocycles. The molecule has 2 aromatic carbocycles. The van der Waals surface area contributed by atoms with Crippen molar-refractivity contribution in [3.63, 3.8) is 0 Å². The second-order valence-corrected chi connectivity index (χ2v) is 6.77. The molecular weight excluding hydrogens is 443 g/mol. The summed E-state index contributed by atoms with van der Waals surface area (Å²) >= 11 is 0. The zero-order valence-corrected chi connectivity index (χ0v) is 15.8. The van der Waals surface area contributed by atoms with E-state index in [9.17, 15) is 30.7 Å². The molecule has 4 rings (SSSR count). The van der Waals surface area contributed by atoms with E-state index in [-0.39, 0.29) is 29.2 Å². The number of imidazole rings is 1. The van der Waals surface area contributed by atoms with Crippen LogP contribution in [0.25, 0.3) is 11.2 Å². The van der Waals surface area contributed by atoms with Gasteiger partial charge in [0.25, 0.3) is 0 Å². The first-order valence-corrected chi connectivity index (χ1v) is 8.99. The van der Waals surface area contributed by atoms with Crippen molar-refractivity contribution in [1.82, 2.24) is 19.5 Å². The summed E-state index contributed by atoms with van der Waals surface area (Å²) in [4.78, 5) is 11.1. The number of benzene rings is 2. The van der Waals surface area contributed by atoms with Gasteiger partial charge in [0.1, 0.15) is 5.82 Å². The Balaban J connectivity index is 1.74. The van der Waals surface area contributed by atoms with Crippen LogP contribution in [0.2, 0.25) is 0 Å². The molecule has 0 bridgehead atoms. The highest BCUT2D eigenvalue weighted by Gasteiger charge is 2.36. The van der Waals surface area contributed by atoms with E-state index in [2.05, 4.69) is 20.3 Å². The molecule has 0 fully saturated rings. The number of hydrogen-bond acceptors (Lipinski definition) is 4. The van der Waals surface area contributed by atoms with Gasteiger partial charge in [0.05, 0.1) is 18.4 Å². The Morgan fingerprint density at radius 3 is 2.22 bits per heavy atom. The van der Waals surface area contributed by atoms with Crippen LogP contribution in [0, 0.1) is 5.82 Å². The van der Waals surface area contributed by atoms with Crippen molar-refractivity contribution in [2.75, 3.05) is 5.32 Å². The first-order chi connectivity index (χ1) is 15.0. The van der Waals surface area contributed by atoms with Crippen LogP contribution in [0.1, 0.15) is 17.0 Å². The Bertz CT molecular complexity index is 1260. The summed E-state index contributed by atoms with van der Waals surface area (Å²) in [6, 6.07) is 9.22. The number of aromatic nitrogens is 4. The van der Waals surface area contributed by atoms with E-state index in [1.165, 1.54) is 41.2 Å². The number of nitrogens with one attached hydrogen (secondary N) is 1. The Labute approximate surface area is 175 Å². The van der Waals surface area contributed by atoms with Gasteiger partial charge in [-0.2, -0.15) is 26.3 Å². The van der Waals surface area contributed by atoms with Gasteiger partial charge in [-0.25, -0.2) is 19.3 Å². The van der Waals surface area contributed by atoms with Crippen LogP contribution in [0.3, 0.4) is 0 Å². The van der Waals surface area contributed by atoms with E-state index >= 15 is 0 Å². The van der Waals surface area contributed by atoms with E-state index in [1.807, 2.05) is 0 Å². The van der Waals surface area contributed by atoms with Crippen LogP contribution in [-0.4, -0.2) is 19.5 Å². The number of hydrogen-bond donors (Lipinski definition) is 1. The van der Waals surface area contributed by atoms with Crippen molar-refractivity contribution in [3.8, 4) is 0 Å². The van der Waals surface area contributed by atoms with E-state index < -0.39 is 29.6 Å². The second kappa shape index (κ2) is 7.77. The highest BCUT2D eigenvalue weighted by Crippen LogP contribution is 2.32. The molecule has 0 saturated carbocycles. The lowest BCUT2D eigenvalue weighted by molar-refractivity contribution is -0.144. The minimum atomic E-state index is -4.88. The summed E-state index contributed by atoms with van der Waals surface area (Å²) in [5, 5.41) is 2.61. The summed E-state index contributed by atoms with van der Waals surface area (Å²) in [7, 11) is 0. The average Bonchev–Trinajstić information content (AvgIpc) is 3.10. The minimum Gasteiger partial charge on any atom is -0.338 e. The molecule has 4 aromatic rings. The Hall–Kier alpha value is -3.70. The number of anilines is 2. The molecule has 0 aliphatic rings. The van der Waals surface area contributed by atoms with Gasteiger partial charge in [-0.05, 0) is 35.9 Å². The van der Waals surface area contributed by atoms with Gasteiger partial charge in [-0.1, -0.05) is 18.2 Å². The van der Waals surface area contributed by atoms with Gasteiger partial charge >= 0.3 is 12.4 Å². The fourth-order valence-electron chi connectivity index (χ4n) is 2.97. The summed E-state index contributed by atoms with van der Waals surface area (Å²) in [5.74, 6) is -2.35. The third-order valence-corrected chi connectivity index (χ3v) is 4.44. The van der Waals surface area contributed by atoms with Crippen molar-refractivity contribution < 1.29 is 30.7 Å². The Morgan fingerprint density at radius 1 is 0.875 bits per heavy atom. The smallest absolute Gasteiger partial charge is 0.338 e. The van der Waals surface area contributed by atoms with Crippen molar-refractivity contribution in [2.24, 2.45) is 0 Å². The third kappa shape index (κ3) is 4.48. The predicted molar refractivity (Wildman–Crippen MR) is 101 cm³/mol. The van der Waals surface area contributed by atoms with E-state index in [4.69, 9.17) is 0 Å². The highest BCUT2D eigenvalue weighted by atomic mass is 19.4. The van der Waals surface area contributed by atoms with Gasteiger partial charge < -0.3 is 9.88 Å². The molecule has 166 valence electrons. The number of halogens is 7. The van der Waals surface area contributed by atoms with Gasteiger partial charge in [0.15, 0.2) is 17.0 Å². The molecule has 0 spiro atoms. The molecule has 12 heteroatoms. The molecule has 0 unspecified atom stereocenters. The van der Waals surface area contributed by atoms with E-state index in [1.54, 1.807) is 0 Å². The summed E-state index contributed by atoms with van der Waals surface area (Å²) in [5.41, 5.74) is -0.514. The standard InChI is InChI=1S/C20H12F7N5/c21-13-2-1-3-14(8-13)29-16-15-17(31-18(30-16)20(25,26)27)32(10-28-15)9-11-4-6-12(7-5-11)19(22,23)24/h1-8,10H,9H2,(H,29,30,31). The quantitative estimate of drug-likeness (QED) is 0.396. The average molecular weight is 455 g/mol. The SMILES string of the molecule is Fc1cccc(Nc2nc(C(F)(F)F)nc3c2ncn3Cc2ccc(C(F)(F)F)cc2)c1. The van der Waals surface area contributed by atoms with E-state index in [0.717, 1.165) is 18.2 Å². The van der Waals surface area contributed by atoms with Crippen molar-refractivity contribution in [3.05, 3.63) is 77.6 Å². The maximum absolute atomic E-state index is 13.5. The number of nitrogens with zero attached hydrogens (tertiary/aromatic N) is 4. The van der Waals surface area contributed by atoms with Crippen LogP contribution >= 0.6 is 0 Å². The van der Waals surface area contributed by atoms with Crippen molar-refractivity contribution in [1.29, 1.82) is 0 Å². The second-order valence-electron chi connectivity index (χ2n) is 6.77. The first-order valence-electron chi connectivity index (χ1n) is 8.99. The van der Waals surface area contributed by atoms with Crippen molar-refractivity contribution >= 4 is 22.7 Å². The monoisotopic (exact) mass is 455 g/mol. The Kier molecular flexibility index (Phi) is 5.23. The molecule has 0 amide bonds. The molecule has 32 heavy (non-hydrogen) atoms. The fourth-order valence-corrected chi connectivity index (χ4v) is 2.97. The molecule has 2 aromatic heterocycles. The number of rotatable bonds is 4. The molecule has 0 radical (unpaired) electrons. The molecular formula is C20H12F7N5. The molecule has 2 heterocycles. The van der Waals surface area contributed by atoms with Gasteiger partial charge in [-0.3, -0.25) is 0 Å². The van der Waals surface area contributed by atoms with Crippen molar-refractivity contribution in [2.45, 2.75) is 18.9 Å². The largest absolute Gasteiger partial charge is 0.451 e. The summed E-state index contributed by atoms with van der Waals surface area (Å²) in [6.07, 6.45) is -8.18. The zero-order valence-electron chi connectivity index (χ0n) is 15.8. The van der Waals surface area contributed by atoms with Crippen LogP contribution in [-0.2, 0) is 18.9 Å². The molecule has 5 nitrogen and oxygen atoms in total. The fraction of sp³-hybridized carbons (Fsp3) is 0.150. The Morgan fingerprint density at radius 2 is 1.59 bits per heavy atom. The topological polar surface area (TPSA) is 55.6 Å². The maximum Gasteiger partial charge on any atom is 0.451 e. The van der Waals surface area contributed by atoms with E-state index in [0.29, 0.717) is 5.56 Å². The molecule has 0 aliphatic heterocycles. The predicted octanol–water partition coefficient (Wildman–Crippen LogP) is 5.79. The lowest BCUT2D eigenvalue weighted by Crippen LogP contribution is -2.14. The van der Waals surface area contributed by atoms with Crippen LogP contribution in [0.5, 0.6) is 0 Å². The maximum atomic E-state index is 13.5. The van der Waals surface area contributed by atoms with Gasteiger partial charge in [0.2, 0.25) is 5.82 Å². The van der Waals surface area contributed by atoms with Gasteiger partial charge in [0, 0.05) is 5.69 Å². The van der Waals surface area contributed by atoms with Crippen LogP contribution in [0.4, 0.5) is 42.2 Å². The normalized spacial score (nSPS) is 12.3. The highest BCUT2D eigenvalue weighted by molar-refractivity contribution is 5.85. The third-order valence-electron chi connectivity index (χ3n) is 4.44. The molecule has 0 saturated heterocycles. The van der Waals surface area contributed by atoms with Gasteiger partial charge in [-0.15, -0.1) is 0 Å². The molecule has 1 N–H and O–H groups in total. The summed E-state index contributed by atoms with van der Waals surface area (Å²) in [6.45, 7) is -0.0810. The minimum absolute atomic E-state index is 0.0193. The first kappa shape index (κ1) is 21.5. The zero-order chi connectivity index (χ0) is 23.1. The number of alkyl halides is 6. The summed E-state index contributed by atoms with van der Waals surface area (Å²) < 4.78 is 93.0. The van der Waals surface area contributed by atoms with Crippen LogP contribution in [0.15, 0.2) is 54.9 Å². The van der Waals surface area contributed by atoms with Crippen LogP contribution < -0.4 is 5.32 Å². The number of fused-ring (bicyclic) bond motifs is 1.